The number of nitrogens with zero attached hydrogens (tertiary/aromatic N) is 1. The highest BCUT2D eigenvalue weighted by Gasteiger charge is 2.12. The van der Waals surface area contributed by atoms with E-state index in [1.54, 1.807) is 7.11 Å². The molecule has 0 radical (unpaired) electrons. The molecule has 1 saturated heterocycles. The summed E-state index contributed by atoms with van der Waals surface area (Å²) in [7, 11) is 1.63. The number of rotatable bonds is 8. The van der Waals surface area contributed by atoms with Gasteiger partial charge in [-0.3, -0.25) is 9.69 Å². The summed E-state index contributed by atoms with van der Waals surface area (Å²) in [6.45, 7) is 4.20. The molecule has 3 rings (SSSR count). The van der Waals surface area contributed by atoms with E-state index in [1.165, 1.54) is 31.5 Å². The van der Waals surface area contributed by atoms with E-state index in [1.807, 2.05) is 48.5 Å². The van der Waals surface area contributed by atoms with E-state index in [4.69, 9.17) is 9.47 Å². The van der Waals surface area contributed by atoms with Crippen molar-refractivity contribution in [3.8, 4) is 11.5 Å². The number of nitrogens with one attached hydrogen (secondary N) is 1. The summed E-state index contributed by atoms with van der Waals surface area (Å²) >= 11 is 0. The van der Waals surface area contributed by atoms with Crippen LogP contribution in [-0.4, -0.2) is 44.2 Å². The number of likely N-dealkylation sites (tertiary alicyclic amines) is 1. The van der Waals surface area contributed by atoms with Crippen LogP contribution in [-0.2, 0) is 6.54 Å². The Labute approximate surface area is 154 Å². The molecule has 0 atom stereocenters. The van der Waals surface area contributed by atoms with Gasteiger partial charge in [0.05, 0.1) is 13.7 Å². The number of hydrogen-bond acceptors (Lipinski definition) is 4. The smallest absolute Gasteiger partial charge is 0.251 e. The molecule has 5 nitrogen and oxygen atoms in total. The molecule has 1 heterocycles. The first-order valence-corrected chi connectivity index (χ1v) is 9.11. The van der Waals surface area contributed by atoms with Crippen molar-refractivity contribution < 1.29 is 14.3 Å². The summed E-state index contributed by atoms with van der Waals surface area (Å²) in [6.07, 6.45) is 2.58. The fraction of sp³-hybridized carbons (Fsp3) is 0.381. The highest BCUT2D eigenvalue weighted by Crippen LogP contribution is 2.17. The highest BCUT2D eigenvalue weighted by atomic mass is 16.5. The Bertz CT molecular complexity index is 692. The average molecular weight is 354 g/mol. The molecule has 2 aromatic rings. The lowest BCUT2D eigenvalue weighted by Crippen LogP contribution is -2.28. The lowest BCUT2D eigenvalue weighted by Gasteiger charge is -2.14. The van der Waals surface area contributed by atoms with Crippen molar-refractivity contribution in [3.05, 3.63) is 59.7 Å². The van der Waals surface area contributed by atoms with Crippen molar-refractivity contribution >= 4 is 5.91 Å². The Morgan fingerprint density at radius 3 is 2.31 bits per heavy atom. The molecule has 5 heteroatoms. The number of hydrogen-bond donors (Lipinski definition) is 1. The molecule has 1 N–H and O–H groups in total. The maximum atomic E-state index is 12.2. The molecular weight excluding hydrogens is 328 g/mol. The Morgan fingerprint density at radius 2 is 1.65 bits per heavy atom. The van der Waals surface area contributed by atoms with E-state index >= 15 is 0 Å². The van der Waals surface area contributed by atoms with E-state index in [0.29, 0.717) is 18.7 Å². The third kappa shape index (κ3) is 5.23. The molecule has 1 aliphatic rings. The number of carbonyl (C=O) groups excluding carboxylic acids is 1. The number of amides is 1. The SMILES string of the molecule is COc1ccc(OCCNC(=O)c2ccc(CN3CCCC3)cc2)cc1. The summed E-state index contributed by atoms with van der Waals surface area (Å²) in [4.78, 5) is 14.7. The van der Waals surface area contributed by atoms with Gasteiger partial charge >= 0.3 is 0 Å². The Morgan fingerprint density at radius 1 is 1.00 bits per heavy atom. The highest BCUT2D eigenvalue weighted by molar-refractivity contribution is 5.94. The summed E-state index contributed by atoms with van der Waals surface area (Å²) < 4.78 is 10.7. The second kappa shape index (κ2) is 9.25. The van der Waals surface area contributed by atoms with Crippen LogP contribution in [0.5, 0.6) is 11.5 Å². The van der Waals surface area contributed by atoms with Gasteiger partial charge in [-0.25, -0.2) is 0 Å². The van der Waals surface area contributed by atoms with Crippen LogP contribution in [0.2, 0.25) is 0 Å². The number of ether oxygens (including phenoxy) is 2. The molecule has 26 heavy (non-hydrogen) atoms. The van der Waals surface area contributed by atoms with Crippen molar-refractivity contribution in [2.75, 3.05) is 33.4 Å². The molecule has 0 aromatic heterocycles. The van der Waals surface area contributed by atoms with Crippen molar-refractivity contribution in [3.63, 3.8) is 0 Å². The fourth-order valence-electron chi connectivity index (χ4n) is 3.07. The van der Waals surface area contributed by atoms with Crippen LogP contribution in [0.1, 0.15) is 28.8 Å². The molecule has 138 valence electrons. The molecule has 1 fully saturated rings. The van der Waals surface area contributed by atoms with Crippen LogP contribution >= 0.6 is 0 Å². The lowest BCUT2D eigenvalue weighted by atomic mass is 10.1. The Kier molecular flexibility index (Phi) is 6.50. The van der Waals surface area contributed by atoms with Crippen LogP contribution in [0.15, 0.2) is 48.5 Å². The van der Waals surface area contributed by atoms with Gasteiger partial charge in [-0.05, 0) is 67.9 Å². The molecular formula is C21H26N2O3. The van der Waals surface area contributed by atoms with Gasteiger partial charge < -0.3 is 14.8 Å². The number of benzene rings is 2. The molecule has 0 saturated carbocycles. The third-order valence-electron chi connectivity index (χ3n) is 4.54. The minimum absolute atomic E-state index is 0.0731. The molecule has 1 aliphatic heterocycles. The number of carbonyl (C=O) groups is 1. The van der Waals surface area contributed by atoms with E-state index in [-0.39, 0.29) is 5.91 Å². The number of methoxy groups -OCH3 is 1. The second-order valence-corrected chi connectivity index (χ2v) is 6.46. The minimum atomic E-state index is -0.0731. The van der Waals surface area contributed by atoms with Gasteiger partial charge in [0, 0.05) is 12.1 Å². The zero-order valence-corrected chi connectivity index (χ0v) is 15.2. The predicted molar refractivity (Wildman–Crippen MR) is 102 cm³/mol. The van der Waals surface area contributed by atoms with Gasteiger partial charge in [0.25, 0.3) is 5.91 Å². The summed E-state index contributed by atoms with van der Waals surface area (Å²) in [5.74, 6) is 1.47. The molecule has 2 aromatic carbocycles. The third-order valence-corrected chi connectivity index (χ3v) is 4.54. The van der Waals surface area contributed by atoms with Gasteiger partial charge in [0.15, 0.2) is 0 Å². The summed E-state index contributed by atoms with van der Waals surface area (Å²) in [5, 5.41) is 2.89. The van der Waals surface area contributed by atoms with Gasteiger partial charge in [0.1, 0.15) is 18.1 Å². The average Bonchev–Trinajstić information content (AvgIpc) is 3.19. The van der Waals surface area contributed by atoms with Crippen LogP contribution in [0.25, 0.3) is 0 Å². The van der Waals surface area contributed by atoms with E-state index in [9.17, 15) is 4.79 Å². The van der Waals surface area contributed by atoms with E-state index in [2.05, 4.69) is 10.2 Å². The Balaban J connectivity index is 1.39. The van der Waals surface area contributed by atoms with Gasteiger partial charge in [-0.2, -0.15) is 0 Å². The van der Waals surface area contributed by atoms with Gasteiger partial charge in [-0.1, -0.05) is 12.1 Å². The van der Waals surface area contributed by atoms with E-state index in [0.717, 1.165) is 18.0 Å². The maximum Gasteiger partial charge on any atom is 0.251 e. The maximum absolute atomic E-state index is 12.2. The lowest BCUT2D eigenvalue weighted by molar-refractivity contribution is 0.0947. The molecule has 0 aliphatic carbocycles. The standard InChI is InChI=1S/C21H26N2O3/c1-25-19-8-10-20(11-9-19)26-15-12-22-21(24)18-6-4-17(5-7-18)16-23-13-2-3-14-23/h4-11H,2-3,12-16H2,1H3,(H,22,24). The Hall–Kier alpha value is -2.53. The fourth-order valence-corrected chi connectivity index (χ4v) is 3.07. The van der Waals surface area contributed by atoms with Crippen molar-refractivity contribution in [2.45, 2.75) is 19.4 Å². The van der Waals surface area contributed by atoms with Crippen LogP contribution in [0.3, 0.4) is 0 Å². The first kappa shape index (κ1) is 18.3. The topological polar surface area (TPSA) is 50.8 Å². The molecule has 1 amide bonds. The predicted octanol–water partition coefficient (Wildman–Crippen LogP) is 3.10. The summed E-state index contributed by atoms with van der Waals surface area (Å²) in [5.41, 5.74) is 1.94. The molecule has 0 unspecified atom stereocenters. The first-order valence-electron chi connectivity index (χ1n) is 9.11. The molecule has 0 spiro atoms. The van der Waals surface area contributed by atoms with E-state index < -0.39 is 0 Å². The second-order valence-electron chi connectivity index (χ2n) is 6.46. The monoisotopic (exact) mass is 354 g/mol. The molecule has 0 bridgehead atoms. The van der Waals surface area contributed by atoms with Crippen LogP contribution in [0.4, 0.5) is 0 Å². The van der Waals surface area contributed by atoms with Crippen molar-refractivity contribution in [1.29, 1.82) is 0 Å². The quantitative estimate of drug-likeness (QED) is 0.740. The van der Waals surface area contributed by atoms with Gasteiger partial charge in [0.2, 0.25) is 0 Å². The normalized spacial score (nSPS) is 14.2. The van der Waals surface area contributed by atoms with Crippen LogP contribution < -0.4 is 14.8 Å². The van der Waals surface area contributed by atoms with Crippen molar-refractivity contribution in [2.24, 2.45) is 0 Å². The summed E-state index contributed by atoms with van der Waals surface area (Å²) in [6, 6.07) is 15.3. The van der Waals surface area contributed by atoms with Gasteiger partial charge in [-0.15, -0.1) is 0 Å². The van der Waals surface area contributed by atoms with Crippen LogP contribution in [0, 0.1) is 0 Å². The largest absolute Gasteiger partial charge is 0.497 e. The minimum Gasteiger partial charge on any atom is -0.497 e. The van der Waals surface area contributed by atoms with Crippen molar-refractivity contribution in [1.82, 2.24) is 10.2 Å². The zero-order chi connectivity index (χ0) is 18.2. The first-order chi connectivity index (χ1) is 12.7. The zero-order valence-electron chi connectivity index (χ0n) is 15.2.